The molecule has 0 unspecified atom stereocenters. The molecule has 2 aromatic rings. The molecule has 0 saturated heterocycles. The fourth-order valence-electron chi connectivity index (χ4n) is 3.38. The van der Waals surface area contributed by atoms with E-state index < -0.39 is 29.4 Å². The summed E-state index contributed by atoms with van der Waals surface area (Å²) in [5, 5.41) is 12.7. The lowest BCUT2D eigenvalue weighted by Gasteiger charge is -2.31. The molecule has 0 radical (unpaired) electrons. The molecule has 2 amide bonds. The number of anilines is 1. The Morgan fingerprint density at radius 3 is 2.31 bits per heavy atom. The zero-order valence-corrected chi connectivity index (χ0v) is 20.0. The number of carbonyl (C=O) groups is 2. The van der Waals surface area contributed by atoms with Gasteiger partial charge >= 0.3 is 12.2 Å². The molecule has 172 valence electrons. The van der Waals surface area contributed by atoms with Gasteiger partial charge in [0.05, 0.1) is 17.5 Å². The van der Waals surface area contributed by atoms with Gasteiger partial charge < -0.3 is 14.7 Å². The first-order chi connectivity index (χ1) is 14.7. The van der Waals surface area contributed by atoms with Crippen molar-refractivity contribution in [2.75, 3.05) is 11.4 Å². The van der Waals surface area contributed by atoms with E-state index in [1.165, 1.54) is 16.0 Å². The lowest BCUT2D eigenvalue weighted by atomic mass is 10.2. The molecule has 3 heterocycles. The zero-order valence-electron chi connectivity index (χ0n) is 19.2. The maximum absolute atomic E-state index is 13.2. The highest BCUT2D eigenvalue weighted by atomic mass is 32.1. The third-order valence-electron chi connectivity index (χ3n) is 4.49. The van der Waals surface area contributed by atoms with Crippen LogP contribution in [0.3, 0.4) is 0 Å². The molecule has 0 spiro atoms. The van der Waals surface area contributed by atoms with Crippen molar-refractivity contribution in [1.82, 2.24) is 4.90 Å². The highest BCUT2D eigenvalue weighted by Crippen LogP contribution is 2.44. The number of thiophene rings is 1. The molecule has 0 fully saturated rings. The van der Waals surface area contributed by atoms with Gasteiger partial charge in [-0.3, -0.25) is 9.80 Å². The molecule has 3 rings (SSSR count). The van der Waals surface area contributed by atoms with Crippen LogP contribution in [0.1, 0.15) is 53.3 Å². The van der Waals surface area contributed by atoms with Gasteiger partial charge in [-0.1, -0.05) is 0 Å². The number of carbonyl (C=O) groups excluding carboxylic acids is 3. The molecule has 1 aliphatic rings. The number of hydrogen-bond acceptors (Lipinski definition) is 7. The summed E-state index contributed by atoms with van der Waals surface area (Å²) in [6.07, 6.45) is -0.120. The van der Waals surface area contributed by atoms with Gasteiger partial charge in [0.1, 0.15) is 21.6 Å². The summed E-state index contributed by atoms with van der Waals surface area (Å²) in [5.41, 5.74) is -1.26. The van der Waals surface area contributed by atoms with Crippen LogP contribution in [-0.2, 0) is 14.3 Å². The van der Waals surface area contributed by atoms with E-state index in [4.69, 9.17) is 9.47 Å². The van der Waals surface area contributed by atoms with Crippen molar-refractivity contribution < 1.29 is 28.6 Å². The van der Waals surface area contributed by atoms with E-state index >= 15 is 0 Å². The van der Waals surface area contributed by atoms with Gasteiger partial charge in [-0.15, -0.1) is 11.3 Å². The van der Waals surface area contributed by atoms with Gasteiger partial charge in [0.15, 0.2) is 17.8 Å². The number of hydrogen-bond donors (Lipinski definition) is 0. The standard InChI is InChI=1S/C22H27N3O6S/c1-13-11-23(19(27)30-21(2,3)4)17-16-15(9-8-10-24(16)29)32-18(17)14(12-26)25(13)20(28)31-22(5,6)7/h8-10,13H,11H2,1-7H3/t13-/m1/s1. The fraction of sp³-hybridized carbons (Fsp3) is 0.500. The van der Waals surface area contributed by atoms with Crippen LogP contribution in [0, 0.1) is 5.21 Å². The van der Waals surface area contributed by atoms with Crippen molar-refractivity contribution in [2.45, 2.75) is 65.7 Å². The fourth-order valence-corrected chi connectivity index (χ4v) is 4.57. The SMILES string of the molecule is C[C@@H]1CN(C(=O)OC(C)(C)C)c2c(sc3ccc[n+]([O-])c23)C(=C=O)N1C(=O)OC(C)(C)C. The molecule has 32 heavy (non-hydrogen) atoms. The zero-order chi connectivity index (χ0) is 24.0. The summed E-state index contributed by atoms with van der Waals surface area (Å²) in [4.78, 5) is 41.1. The quantitative estimate of drug-likeness (QED) is 0.333. The van der Waals surface area contributed by atoms with Gasteiger partial charge in [0, 0.05) is 6.07 Å². The number of nitrogens with zero attached hydrogens (tertiary/aromatic N) is 3. The Morgan fingerprint density at radius 2 is 1.75 bits per heavy atom. The van der Waals surface area contributed by atoms with Crippen LogP contribution >= 0.6 is 11.3 Å². The van der Waals surface area contributed by atoms with Crippen molar-refractivity contribution in [3.63, 3.8) is 0 Å². The molecule has 0 aromatic carbocycles. The summed E-state index contributed by atoms with van der Waals surface area (Å²) >= 11 is 1.12. The molecular weight excluding hydrogens is 434 g/mol. The van der Waals surface area contributed by atoms with Gasteiger partial charge in [0.2, 0.25) is 0 Å². The smallest absolute Gasteiger partial charge is 0.415 e. The monoisotopic (exact) mass is 461 g/mol. The van der Waals surface area contributed by atoms with Crippen LogP contribution in [0.5, 0.6) is 0 Å². The number of ether oxygens (including phenoxy) is 2. The minimum Gasteiger partial charge on any atom is -0.618 e. The average Bonchev–Trinajstić information content (AvgIpc) is 2.95. The van der Waals surface area contributed by atoms with Crippen LogP contribution < -0.4 is 9.63 Å². The van der Waals surface area contributed by atoms with Crippen molar-refractivity contribution >= 4 is 51.1 Å². The minimum atomic E-state index is -0.803. The first-order valence-electron chi connectivity index (χ1n) is 10.2. The number of rotatable bonds is 0. The summed E-state index contributed by atoms with van der Waals surface area (Å²) < 4.78 is 12.3. The van der Waals surface area contributed by atoms with E-state index in [1.54, 1.807) is 60.6 Å². The first-order valence-corrected chi connectivity index (χ1v) is 11.0. The molecular formula is C22H27N3O6S. The van der Waals surface area contributed by atoms with E-state index in [0.717, 1.165) is 11.3 Å². The Balaban J connectivity index is 2.26. The van der Waals surface area contributed by atoms with E-state index in [1.807, 2.05) is 5.94 Å². The second-order valence-corrected chi connectivity index (χ2v) is 10.6. The van der Waals surface area contributed by atoms with Gasteiger partial charge in [0.25, 0.3) is 5.52 Å². The molecule has 0 saturated carbocycles. The van der Waals surface area contributed by atoms with Crippen molar-refractivity contribution in [3.05, 3.63) is 28.4 Å². The number of amides is 2. The summed E-state index contributed by atoms with van der Waals surface area (Å²) in [5.74, 6) is 1.85. The molecule has 1 atom stereocenters. The highest BCUT2D eigenvalue weighted by Gasteiger charge is 2.42. The first kappa shape index (κ1) is 23.6. The van der Waals surface area contributed by atoms with E-state index in [-0.39, 0.29) is 28.3 Å². The molecule has 2 aromatic heterocycles. The Bertz CT molecular complexity index is 1120. The highest BCUT2D eigenvalue weighted by molar-refractivity contribution is 7.20. The molecule has 1 aliphatic heterocycles. The predicted molar refractivity (Wildman–Crippen MR) is 121 cm³/mol. The Morgan fingerprint density at radius 1 is 1.16 bits per heavy atom. The minimum absolute atomic E-state index is 0.0208. The predicted octanol–water partition coefficient (Wildman–Crippen LogP) is 4.09. The third kappa shape index (κ3) is 4.56. The van der Waals surface area contributed by atoms with Crippen LogP contribution in [0.15, 0.2) is 18.3 Å². The topological polar surface area (TPSA) is 103 Å². The van der Waals surface area contributed by atoms with Crippen molar-refractivity contribution in [2.24, 2.45) is 0 Å². The van der Waals surface area contributed by atoms with Crippen LogP contribution in [0.2, 0.25) is 0 Å². The van der Waals surface area contributed by atoms with E-state index in [9.17, 15) is 19.6 Å². The van der Waals surface area contributed by atoms with E-state index in [2.05, 4.69) is 0 Å². The summed E-state index contributed by atoms with van der Waals surface area (Å²) in [6.45, 7) is 12.0. The second-order valence-electron chi connectivity index (χ2n) is 9.57. The van der Waals surface area contributed by atoms with Crippen LogP contribution in [0.25, 0.3) is 15.9 Å². The largest absolute Gasteiger partial charge is 0.618 e. The molecule has 0 aliphatic carbocycles. The lowest BCUT2D eigenvalue weighted by molar-refractivity contribution is -0.576. The van der Waals surface area contributed by atoms with Crippen LogP contribution in [-0.4, -0.2) is 46.8 Å². The molecule has 0 bridgehead atoms. The maximum Gasteiger partial charge on any atom is 0.415 e. The Kier molecular flexibility index (Phi) is 5.97. The summed E-state index contributed by atoms with van der Waals surface area (Å²) in [6, 6.07) is 2.62. The molecule has 0 N–H and O–H groups in total. The van der Waals surface area contributed by atoms with Crippen LogP contribution in [0.4, 0.5) is 15.3 Å². The molecule has 10 heteroatoms. The average molecular weight is 462 g/mol. The lowest BCUT2D eigenvalue weighted by Crippen LogP contribution is -2.47. The van der Waals surface area contributed by atoms with Gasteiger partial charge in [-0.05, 0) is 54.5 Å². The Hall–Kier alpha value is -3.10. The Labute approximate surface area is 190 Å². The third-order valence-corrected chi connectivity index (χ3v) is 5.63. The number of fused-ring (bicyclic) bond motifs is 3. The normalized spacial score (nSPS) is 17.0. The van der Waals surface area contributed by atoms with Gasteiger partial charge in [-0.25, -0.2) is 14.4 Å². The number of aromatic nitrogens is 1. The van der Waals surface area contributed by atoms with E-state index in [0.29, 0.717) is 9.43 Å². The number of pyridine rings is 1. The van der Waals surface area contributed by atoms with Crippen molar-refractivity contribution in [1.29, 1.82) is 0 Å². The van der Waals surface area contributed by atoms with Crippen molar-refractivity contribution in [3.8, 4) is 0 Å². The second kappa shape index (κ2) is 8.11. The molecule has 9 nitrogen and oxygen atoms in total. The van der Waals surface area contributed by atoms with Gasteiger partial charge in [-0.2, -0.15) is 4.73 Å². The summed E-state index contributed by atoms with van der Waals surface area (Å²) in [7, 11) is 0. The maximum atomic E-state index is 13.2.